The van der Waals surface area contributed by atoms with E-state index >= 15 is 0 Å². The molecule has 1 unspecified atom stereocenters. The smallest absolute Gasteiger partial charge is 0.261 e. The van der Waals surface area contributed by atoms with E-state index < -0.39 is 40.3 Å². The lowest BCUT2D eigenvalue weighted by molar-refractivity contribution is -0.143. The summed E-state index contributed by atoms with van der Waals surface area (Å²) in [7, 11) is -3.70. The Morgan fingerprint density at radius 2 is 1.52 bits per heavy atom. The highest BCUT2D eigenvalue weighted by Gasteiger charge is 2.32. The summed E-state index contributed by atoms with van der Waals surface area (Å²) >= 11 is 6.00. The Morgan fingerprint density at radius 1 is 0.891 bits per heavy atom. The Kier molecular flexibility index (Phi) is 11.0. The largest absolute Gasteiger partial charge is 0.484 e. The van der Waals surface area contributed by atoms with Crippen LogP contribution in [0.5, 0.6) is 5.75 Å². The third-order valence-corrected chi connectivity index (χ3v) is 9.60. The van der Waals surface area contributed by atoms with E-state index in [4.69, 9.17) is 21.1 Å². The zero-order valence-electron chi connectivity index (χ0n) is 24.9. The first-order valence-corrected chi connectivity index (χ1v) is 16.4. The molecule has 0 aromatic heterocycles. The van der Waals surface area contributed by atoms with Gasteiger partial charge in [0.15, 0.2) is 6.61 Å². The van der Waals surface area contributed by atoms with Crippen LogP contribution in [-0.2, 0) is 37.4 Å². The highest BCUT2D eigenvalue weighted by Crippen LogP contribution is 2.26. The van der Waals surface area contributed by atoms with Crippen molar-refractivity contribution in [1.29, 1.82) is 0 Å². The molecule has 46 heavy (non-hydrogen) atoms. The Labute approximate surface area is 272 Å². The minimum Gasteiger partial charge on any atom is -0.484 e. The lowest BCUT2D eigenvalue weighted by Gasteiger charge is -2.31. The van der Waals surface area contributed by atoms with Crippen LogP contribution in [0.15, 0.2) is 108 Å². The van der Waals surface area contributed by atoms with E-state index in [0.29, 0.717) is 29.4 Å². The van der Waals surface area contributed by atoms with Crippen molar-refractivity contribution in [3.63, 3.8) is 0 Å². The summed E-state index contributed by atoms with van der Waals surface area (Å²) < 4.78 is 52.1. The fraction of sp³-hybridized carbons (Fsp3) is 0.235. The number of halogens is 2. The predicted octanol–water partition coefficient (Wildman–Crippen LogP) is 4.97. The summed E-state index contributed by atoms with van der Waals surface area (Å²) in [5.74, 6) is -1.08. The Hall–Kier alpha value is -4.29. The van der Waals surface area contributed by atoms with Gasteiger partial charge in [0.1, 0.15) is 17.6 Å². The summed E-state index contributed by atoms with van der Waals surface area (Å²) in [6, 6.07) is 26.4. The fourth-order valence-electron chi connectivity index (χ4n) is 4.98. The van der Waals surface area contributed by atoms with Crippen molar-refractivity contribution in [2.45, 2.75) is 24.0 Å². The molecule has 1 heterocycles. The van der Waals surface area contributed by atoms with E-state index in [1.807, 2.05) is 6.07 Å². The van der Waals surface area contributed by atoms with Crippen LogP contribution in [0.25, 0.3) is 0 Å². The van der Waals surface area contributed by atoms with Crippen molar-refractivity contribution < 1.29 is 31.9 Å². The van der Waals surface area contributed by atoms with Gasteiger partial charge < -0.3 is 19.7 Å². The average molecular weight is 666 g/mol. The summed E-state index contributed by atoms with van der Waals surface area (Å²) in [5, 5.41) is 3.49. The van der Waals surface area contributed by atoms with Gasteiger partial charge in [0.05, 0.1) is 18.1 Å². The molecule has 4 aromatic carbocycles. The molecule has 12 heteroatoms. The quantitative estimate of drug-likeness (QED) is 0.229. The van der Waals surface area contributed by atoms with Crippen molar-refractivity contribution in [1.82, 2.24) is 14.5 Å². The molecular weight excluding hydrogens is 633 g/mol. The number of morpholine rings is 1. The maximum Gasteiger partial charge on any atom is 0.261 e. The van der Waals surface area contributed by atoms with Crippen LogP contribution >= 0.6 is 11.6 Å². The van der Waals surface area contributed by atoms with Crippen LogP contribution in [-0.4, -0.2) is 62.3 Å². The summed E-state index contributed by atoms with van der Waals surface area (Å²) in [6.45, 7) is 0.968. The van der Waals surface area contributed by atoms with Gasteiger partial charge in [-0.1, -0.05) is 66.2 Å². The number of carbonyl (C=O) groups is 2. The van der Waals surface area contributed by atoms with E-state index in [-0.39, 0.29) is 36.8 Å². The molecule has 1 aliphatic heterocycles. The molecule has 4 aromatic rings. The van der Waals surface area contributed by atoms with Crippen LogP contribution in [0.1, 0.15) is 22.7 Å². The van der Waals surface area contributed by atoms with Gasteiger partial charge in [-0.2, -0.15) is 4.31 Å². The molecule has 1 N–H and O–H groups in total. The molecule has 1 aliphatic rings. The summed E-state index contributed by atoms with van der Waals surface area (Å²) in [4.78, 5) is 29.2. The minimum atomic E-state index is -3.70. The molecule has 0 bridgehead atoms. The topological polar surface area (TPSA) is 105 Å². The van der Waals surface area contributed by atoms with Crippen molar-refractivity contribution in [3.8, 4) is 5.75 Å². The number of carbonyl (C=O) groups excluding carboxylic acids is 2. The number of nitrogens with one attached hydrogen (secondary N) is 1. The molecular formula is C34H33ClFN3O6S. The predicted molar refractivity (Wildman–Crippen MR) is 171 cm³/mol. The lowest BCUT2D eigenvalue weighted by atomic mass is 10.0. The number of nitrogens with zero attached hydrogens (tertiary/aromatic N) is 2. The molecule has 0 aliphatic carbocycles. The first kappa shape index (κ1) is 33.1. The number of hydrogen-bond donors (Lipinski definition) is 1. The second-order valence-corrected chi connectivity index (χ2v) is 13.0. The fourth-order valence-corrected chi connectivity index (χ4v) is 6.51. The van der Waals surface area contributed by atoms with E-state index in [1.165, 1.54) is 45.6 Å². The van der Waals surface area contributed by atoms with Crippen LogP contribution in [0.3, 0.4) is 0 Å². The Morgan fingerprint density at radius 3 is 2.17 bits per heavy atom. The first-order valence-electron chi connectivity index (χ1n) is 14.6. The number of hydrogen-bond acceptors (Lipinski definition) is 6. The first-order chi connectivity index (χ1) is 22.2. The molecule has 0 saturated carbocycles. The molecule has 0 spiro atoms. The average Bonchev–Trinajstić information content (AvgIpc) is 3.08. The summed E-state index contributed by atoms with van der Waals surface area (Å²) in [5.41, 5.74) is 2.01. The third kappa shape index (κ3) is 8.49. The number of amides is 2. The van der Waals surface area contributed by atoms with E-state index in [1.54, 1.807) is 60.7 Å². The lowest BCUT2D eigenvalue weighted by Crippen LogP contribution is -2.45. The summed E-state index contributed by atoms with van der Waals surface area (Å²) in [6.07, 6.45) is 0. The molecule has 1 saturated heterocycles. The number of benzene rings is 4. The van der Waals surface area contributed by atoms with E-state index in [2.05, 4.69) is 5.32 Å². The Bertz CT molecular complexity index is 1720. The highest BCUT2D eigenvalue weighted by molar-refractivity contribution is 7.89. The number of ether oxygens (including phenoxy) is 2. The number of rotatable bonds is 12. The third-order valence-electron chi connectivity index (χ3n) is 7.44. The van der Waals surface area contributed by atoms with Crippen LogP contribution in [0.2, 0.25) is 5.02 Å². The molecule has 1 atom stereocenters. The van der Waals surface area contributed by atoms with Gasteiger partial charge in [-0.3, -0.25) is 9.59 Å². The minimum absolute atomic E-state index is 0.00682. The molecule has 240 valence electrons. The van der Waals surface area contributed by atoms with Crippen molar-refractivity contribution in [3.05, 3.63) is 131 Å². The van der Waals surface area contributed by atoms with E-state index in [9.17, 15) is 22.4 Å². The zero-order chi connectivity index (χ0) is 32.5. The van der Waals surface area contributed by atoms with Crippen LogP contribution in [0, 0.1) is 5.82 Å². The number of sulfonamides is 1. The van der Waals surface area contributed by atoms with Gasteiger partial charge in [-0.15, -0.1) is 0 Å². The highest BCUT2D eigenvalue weighted by atomic mass is 35.5. The zero-order valence-corrected chi connectivity index (χ0v) is 26.4. The van der Waals surface area contributed by atoms with Gasteiger partial charge >= 0.3 is 0 Å². The Balaban J connectivity index is 1.36. The maximum absolute atomic E-state index is 13.9. The monoisotopic (exact) mass is 665 g/mol. The van der Waals surface area contributed by atoms with Gasteiger partial charge in [0, 0.05) is 31.2 Å². The molecule has 1 fully saturated rings. The standard InChI is InChI=1S/C34H33ClFN3O6S/c35-28-10-6-25(7-11-28)22-37-34(41)33(27-4-2-1-3-5-27)39(23-26-8-12-29(36)13-9-26)32(40)24-45-30-14-16-31(17-15-30)46(42,43)38-18-20-44-21-19-38/h1-17,33H,18-24H2,(H,37,41). The van der Waals surface area contributed by atoms with Crippen molar-refractivity contribution in [2.75, 3.05) is 32.9 Å². The molecule has 9 nitrogen and oxygen atoms in total. The second kappa shape index (κ2) is 15.3. The van der Waals surface area contributed by atoms with Gasteiger partial charge in [0.25, 0.3) is 5.91 Å². The SMILES string of the molecule is O=C(NCc1ccc(Cl)cc1)C(c1ccccc1)N(Cc1ccc(F)cc1)C(=O)COc1ccc(S(=O)(=O)N2CCOCC2)cc1. The molecule has 0 radical (unpaired) electrons. The van der Waals surface area contributed by atoms with E-state index in [0.717, 1.165) is 5.56 Å². The second-order valence-electron chi connectivity index (χ2n) is 10.6. The normalized spacial score (nSPS) is 14.3. The maximum atomic E-state index is 13.9. The van der Waals surface area contributed by atoms with Crippen LogP contribution in [0.4, 0.5) is 4.39 Å². The van der Waals surface area contributed by atoms with Crippen molar-refractivity contribution >= 4 is 33.4 Å². The molecule has 2 amide bonds. The van der Waals surface area contributed by atoms with Crippen molar-refractivity contribution in [2.24, 2.45) is 0 Å². The molecule has 5 rings (SSSR count). The van der Waals surface area contributed by atoms with Crippen LogP contribution < -0.4 is 10.1 Å². The van der Waals surface area contributed by atoms with Gasteiger partial charge in [0.2, 0.25) is 15.9 Å². The van der Waals surface area contributed by atoms with Gasteiger partial charge in [-0.25, -0.2) is 12.8 Å². The van der Waals surface area contributed by atoms with Gasteiger partial charge in [-0.05, 0) is 65.2 Å².